The second kappa shape index (κ2) is 15.8. The Hall–Kier alpha value is 3.82. The first-order chi connectivity index (χ1) is 0. The maximum atomic E-state index is 0. The van der Waals surface area contributed by atoms with E-state index >= 15 is 0 Å². The molecule has 0 aromatic rings. The zero-order chi connectivity index (χ0) is 0. The minimum absolute atomic E-state index is 0. The zero-order valence-corrected chi connectivity index (χ0v) is 5.26. The monoisotopic (exact) mass is 300 g/mol. The molecular formula is H5CaInVY. The summed E-state index contributed by atoms with van der Waals surface area (Å²) in [5.41, 5.74) is 0. The van der Waals surface area contributed by atoms with Crippen molar-refractivity contribution < 1.29 is 51.3 Å². The van der Waals surface area contributed by atoms with Crippen LogP contribution in [0.15, 0.2) is 0 Å². The van der Waals surface area contributed by atoms with Crippen molar-refractivity contribution in [2.45, 2.75) is 0 Å². The van der Waals surface area contributed by atoms with Crippen LogP contribution in [0.2, 0.25) is 0 Å². The van der Waals surface area contributed by atoms with E-state index in [1.54, 1.807) is 0 Å². The average Bonchev–Trinajstić information content (AvgIpc) is 0. The Balaban J connectivity index is 0. The third-order valence-electron chi connectivity index (χ3n) is 0. The first-order valence-corrected chi connectivity index (χ1v) is 0. The normalized spacial score (nSPS) is 0. The van der Waals surface area contributed by atoms with E-state index in [0.29, 0.717) is 0 Å². The maximum absolute atomic E-state index is 0. The molecule has 0 aliphatic carbocycles. The first-order valence-electron chi connectivity index (χ1n) is 0. The van der Waals surface area contributed by atoms with Crippen molar-refractivity contribution in [3.63, 3.8) is 0 Å². The molecule has 0 rings (SSSR count). The summed E-state index contributed by atoms with van der Waals surface area (Å²) in [5.74, 6) is 0. The fourth-order valence-corrected chi connectivity index (χ4v) is 0. The van der Waals surface area contributed by atoms with Crippen molar-refractivity contribution in [2.75, 3.05) is 0 Å². The topological polar surface area (TPSA) is 0 Å². The Morgan fingerprint density at radius 1 is 1.00 bits per heavy atom. The van der Waals surface area contributed by atoms with Crippen LogP contribution in [0, 0.1) is 0 Å². The van der Waals surface area contributed by atoms with Crippen LogP contribution in [0.25, 0.3) is 0 Å². The fourth-order valence-electron chi connectivity index (χ4n) is 0. The Bertz CT molecular complexity index is 8.00. The summed E-state index contributed by atoms with van der Waals surface area (Å²) in [6.45, 7) is 0. The third-order valence-corrected chi connectivity index (χ3v) is 0. The van der Waals surface area contributed by atoms with Crippen molar-refractivity contribution in [1.29, 1.82) is 0 Å². The molecule has 0 nitrogen and oxygen atoms in total. The van der Waals surface area contributed by atoms with Crippen molar-refractivity contribution in [3.8, 4) is 0 Å². The summed E-state index contributed by atoms with van der Waals surface area (Å²) in [4.78, 5) is 0. The zero-order valence-electron chi connectivity index (χ0n) is 1.02. The van der Waals surface area contributed by atoms with Crippen LogP contribution in [0.3, 0.4) is 0 Å². The predicted molar refractivity (Wildman–Crippen MR) is 18.5 cm³/mol. The van der Waals surface area contributed by atoms with Gasteiger partial charge in [-0.15, -0.1) is 0 Å². The van der Waals surface area contributed by atoms with Crippen LogP contribution in [-0.2, 0) is 51.3 Å². The average molecular weight is 300 g/mol. The van der Waals surface area contributed by atoms with Crippen LogP contribution >= 0.6 is 0 Å². The molecule has 0 aliphatic rings. The Kier molecular flexibility index (Phi) is 98.7. The largest absolute Gasteiger partial charge is 0 e. The minimum Gasteiger partial charge on any atom is 0 e. The molecule has 0 unspecified atom stereocenters. The molecule has 2 radical (unpaired) electrons. The Morgan fingerprint density at radius 2 is 1.00 bits per heavy atom. The van der Waals surface area contributed by atoms with Crippen molar-refractivity contribution in [3.05, 3.63) is 0 Å². The predicted octanol–water partition coefficient (Wildman–Crippen LogP) is -2.11. The summed E-state index contributed by atoms with van der Waals surface area (Å²) in [6.07, 6.45) is 0. The van der Waals surface area contributed by atoms with Gasteiger partial charge in [0, 0.05) is 51.3 Å². The fraction of sp³-hybridized carbons (Fsp3) is 0. The van der Waals surface area contributed by atoms with E-state index in [-0.39, 0.29) is 115 Å². The van der Waals surface area contributed by atoms with Crippen LogP contribution in [0.4, 0.5) is 0 Å². The van der Waals surface area contributed by atoms with E-state index in [9.17, 15) is 0 Å². The molecule has 4 heavy (non-hydrogen) atoms. The van der Waals surface area contributed by atoms with Crippen LogP contribution in [-0.4, -0.2) is 63.6 Å². The van der Waals surface area contributed by atoms with Gasteiger partial charge in [-0.05, 0) is 0 Å². The summed E-state index contributed by atoms with van der Waals surface area (Å²) in [5, 5.41) is 0. The number of rotatable bonds is 0. The van der Waals surface area contributed by atoms with E-state index in [2.05, 4.69) is 0 Å². The van der Waals surface area contributed by atoms with E-state index in [4.69, 9.17) is 0 Å². The minimum atomic E-state index is 0. The SMILES string of the molecule is [CaH2].[InH3].[V].[Y]. The van der Waals surface area contributed by atoms with Crippen molar-refractivity contribution in [2.24, 2.45) is 0 Å². The van der Waals surface area contributed by atoms with Gasteiger partial charge in [0.1, 0.15) is 0 Å². The van der Waals surface area contributed by atoms with E-state index in [1.165, 1.54) is 0 Å². The van der Waals surface area contributed by atoms with Gasteiger partial charge in [0.15, 0.2) is 0 Å². The molecule has 0 saturated carbocycles. The molecule has 0 N–H and O–H groups in total. The van der Waals surface area contributed by atoms with Gasteiger partial charge in [-0.25, -0.2) is 0 Å². The third kappa shape index (κ3) is 9.26. The molecule has 0 bridgehead atoms. The van der Waals surface area contributed by atoms with Crippen LogP contribution in [0.5, 0.6) is 0 Å². The second-order valence-corrected chi connectivity index (χ2v) is 0. The summed E-state index contributed by atoms with van der Waals surface area (Å²) >= 11 is 0. The maximum Gasteiger partial charge on any atom is 0 e. The van der Waals surface area contributed by atoms with E-state index < -0.39 is 0 Å². The quantitative estimate of drug-likeness (QED) is 0.450. The van der Waals surface area contributed by atoms with Gasteiger partial charge in [-0.3, -0.25) is 0 Å². The van der Waals surface area contributed by atoms with Gasteiger partial charge in [-0.1, -0.05) is 0 Å². The first kappa shape index (κ1) is 24.9. The summed E-state index contributed by atoms with van der Waals surface area (Å²) < 4.78 is 0. The standard InChI is InChI=1S/Ca.In.V.Y.5H. The molecule has 0 heterocycles. The van der Waals surface area contributed by atoms with Gasteiger partial charge in [0.2, 0.25) is 0 Å². The van der Waals surface area contributed by atoms with Gasteiger partial charge in [-0.2, -0.15) is 0 Å². The molecule has 0 saturated heterocycles. The molecule has 0 aromatic carbocycles. The molecule has 0 spiro atoms. The van der Waals surface area contributed by atoms with Gasteiger partial charge < -0.3 is 0 Å². The van der Waals surface area contributed by atoms with Crippen LogP contribution in [0.1, 0.15) is 0 Å². The molecule has 4 heteroatoms. The molecule has 0 fully saturated rings. The summed E-state index contributed by atoms with van der Waals surface area (Å²) in [6, 6.07) is 0. The smallest absolute Gasteiger partial charge is 0 e. The molecular weight excluding hydrogens is 295 g/mol. The molecule has 0 aliphatic heterocycles. The molecule has 0 amide bonds. The summed E-state index contributed by atoms with van der Waals surface area (Å²) in [7, 11) is 0. The Morgan fingerprint density at radius 3 is 1.00 bits per heavy atom. The Labute approximate surface area is 112 Å². The van der Waals surface area contributed by atoms with Crippen molar-refractivity contribution in [1.82, 2.24) is 0 Å². The molecule has 0 atom stereocenters. The van der Waals surface area contributed by atoms with Crippen molar-refractivity contribution >= 4 is 63.6 Å². The number of hydrogen-bond acceptors (Lipinski definition) is 0. The van der Waals surface area contributed by atoms with Gasteiger partial charge in [0.05, 0.1) is 0 Å². The molecule has 18 valence electrons. The van der Waals surface area contributed by atoms with Gasteiger partial charge >= 0.3 is 63.6 Å². The molecule has 0 aromatic heterocycles. The van der Waals surface area contributed by atoms with E-state index in [1.807, 2.05) is 0 Å². The van der Waals surface area contributed by atoms with E-state index in [0.717, 1.165) is 0 Å². The number of hydrogen-bond donors (Lipinski definition) is 0. The van der Waals surface area contributed by atoms with Crippen LogP contribution < -0.4 is 0 Å². The van der Waals surface area contributed by atoms with Gasteiger partial charge in [0.25, 0.3) is 0 Å². The second-order valence-electron chi connectivity index (χ2n) is 0.